The predicted octanol–water partition coefficient (Wildman–Crippen LogP) is 2.64. The molecule has 3 rings (SSSR count). The minimum atomic E-state index is -0.661. The van der Waals surface area contributed by atoms with Crippen molar-refractivity contribution < 1.29 is 23.5 Å². The van der Waals surface area contributed by atoms with E-state index in [1.54, 1.807) is 4.90 Å². The second-order valence-corrected chi connectivity index (χ2v) is 6.65. The number of esters is 1. The fourth-order valence-electron chi connectivity index (χ4n) is 3.17. The van der Waals surface area contributed by atoms with Crippen molar-refractivity contribution >= 4 is 23.5 Å². The van der Waals surface area contributed by atoms with E-state index < -0.39 is 23.6 Å². The Kier molecular flexibility index (Phi) is 6.03. The van der Waals surface area contributed by atoms with Crippen molar-refractivity contribution in [2.45, 2.75) is 12.8 Å². The van der Waals surface area contributed by atoms with Crippen LogP contribution in [0.5, 0.6) is 0 Å². The van der Waals surface area contributed by atoms with Gasteiger partial charge in [0.15, 0.2) is 0 Å². The van der Waals surface area contributed by atoms with E-state index in [0.29, 0.717) is 13.0 Å². The Morgan fingerprint density at radius 1 is 1.21 bits per heavy atom. The summed E-state index contributed by atoms with van der Waals surface area (Å²) in [5.41, 5.74) is 1.14. The average molecular weight is 384 g/mol. The quantitative estimate of drug-likeness (QED) is 0.777. The molecule has 1 saturated heterocycles. The van der Waals surface area contributed by atoms with Crippen LogP contribution in [0.25, 0.3) is 0 Å². The van der Waals surface area contributed by atoms with Crippen LogP contribution in [0.15, 0.2) is 48.5 Å². The second kappa shape index (κ2) is 8.65. The molecule has 0 radical (unpaired) electrons. The monoisotopic (exact) mass is 384 g/mol. The van der Waals surface area contributed by atoms with Gasteiger partial charge in [0, 0.05) is 19.5 Å². The Morgan fingerprint density at radius 2 is 1.96 bits per heavy atom. The summed E-state index contributed by atoms with van der Waals surface area (Å²) in [5.74, 6) is -2.40. The van der Waals surface area contributed by atoms with Crippen molar-refractivity contribution in [1.29, 1.82) is 0 Å². The number of amides is 2. The van der Waals surface area contributed by atoms with Crippen molar-refractivity contribution in [3.63, 3.8) is 0 Å². The highest BCUT2D eigenvalue weighted by atomic mass is 19.1. The third-order valence-corrected chi connectivity index (χ3v) is 4.74. The predicted molar refractivity (Wildman–Crippen MR) is 101 cm³/mol. The van der Waals surface area contributed by atoms with E-state index in [4.69, 9.17) is 0 Å². The summed E-state index contributed by atoms with van der Waals surface area (Å²) in [7, 11) is 1.22. The standard InChI is InChI=1S/C21H21FN2O4/c1-28-21(27)15-7-8-17(22)18(11-15)23-20(26)16-12-19(25)24(13-16)10-9-14-5-3-2-4-6-14/h2-8,11,16H,9-10,12-13H2,1H3,(H,23,26)/t16-/m0/s1. The first-order valence-corrected chi connectivity index (χ1v) is 8.98. The second-order valence-electron chi connectivity index (χ2n) is 6.65. The number of hydrogen-bond donors (Lipinski definition) is 1. The van der Waals surface area contributed by atoms with Crippen LogP contribution in [-0.4, -0.2) is 42.9 Å². The molecule has 1 aliphatic rings. The van der Waals surface area contributed by atoms with Crippen LogP contribution in [-0.2, 0) is 20.7 Å². The third-order valence-electron chi connectivity index (χ3n) is 4.74. The maximum atomic E-state index is 14.0. The van der Waals surface area contributed by atoms with E-state index in [2.05, 4.69) is 10.1 Å². The van der Waals surface area contributed by atoms with E-state index in [9.17, 15) is 18.8 Å². The average Bonchev–Trinajstić information content (AvgIpc) is 3.09. The first-order valence-electron chi connectivity index (χ1n) is 8.98. The molecule has 2 aromatic carbocycles. The highest BCUT2D eigenvalue weighted by Gasteiger charge is 2.34. The molecule has 0 aromatic heterocycles. The van der Waals surface area contributed by atoms with Crippen molar-refractivity contribution in [3.05, 3.63) is 65.5 Å². The first kappa shape index (κ1) is 19.5. The molecule has 0 spiro atoms. The van der Waals surface area contributed by atoms with E-state index in [-0.39, 0.29) is 30.1 Å². The molecule has 0 unspecified atom stereocenters. The molecule has 1 atom stereocenters. The zero-order valence-corrected chi connectivity index (χ0v) is 15.5. The smallest absolute Gasteiger partial charge is 0.337 e. The lowest BCUT2D eigenvalue weighted by Crippen LogP contribution is -2.30. The molecule has 2 aromatic rings. The van der Waals surface area contributed by atoms with Gasteiger partial charge in [0.25, 0.3) is 0 Å². The Morgan fingerprint density at radius 3 is 2.68 bits per heavy atom. The summed E-state index contributed by atoms with van der Waals surface area (Å²) in [4.78, 5) is 38.0. The number of rotatable bonds is 6. The molecule has 0 aliphatic carbocycles. The minimum Gasteiger partial charge on any atom is -0.465 e. The largest absolute Gasteiger partial charge is 0.465 e. The van der Waals surface area contributed by atoms with Crippen molar-refractivity contribution in [2.24, 2.45) is 5.92 Å². The molecule has 146 valence electrons. The van der Waals surface area contributed by atoms with Gasteiger partial charge in [-0.2, -0.15) is 0 Å². The van der Waals surface area contributed by atoms with Gasteiger partial charge in [-0.25, -0.2) is 9.18 Å². The molecule has 1 aliphatic heterocycles. The number of halogens is 1. The third kappa shape index (κ3) is 4.54. The lowest BCUT2D eigenvalue weighted by Gasteiger charge is -2.17. The SMILES string of the molecule is COC(=O)c1ccc(F)c(NC(=O)[C@H]2CC(=O)N(CCc3ccccc3)C2)c1. The normalized spacial score (nSPS) is 16.1. The number of likely N-dealkylation sites (tertiary alicyclic amines) is 1. The summed E-state index contributed by atoms with van der Waals surface area (Å²) in [6.45, 7) is 0.814. The number of anilines is 1. The molecule has 6 nitrogen and oxygen atoms in total. The van der Waals surface area contributed by atoms with Gasteiger partial charge < -0.3 is 15.0 Å². The van der Waals surface area contributed by atoms with Crippen LogP contribution < -0.4 is 5.32 Å². The molecular formula is C21H21FN2O4. The Bertz CT molecular complexity index is 885. The van der Waals surface area contributed by atoms with Crippen molar-refractivity contribution in [3.8, 4) is 0 Å². The first-order chi connectivity index (χ1) is 13.5. The number of benzene rings is 2. The van der Waals surface area contributed by atoms with E-state index >= 15 is 0 Å². The molecule has 1 heterocycles. The van der Waals surface area contributed by atoms with E-state index in [0.717, 1.165) is 11.6 Å². The fraction of sp³-hybridized carbons (Fsp3) is 0.286. The number of ether oxygens (including phenoxy) is 1. The molecule has 1 fully saturated rings. The summed E-state index contributed by atoms with van der Waals surface area (Å²) < 4.78 is 18.6. The molecule has 7 heteroatoms. The Balaban J connectivity index is 1.61. The van der Waals surface area contributed by atoms with Gasteiger partial charge >= 0.3 is 5.97 Å². The number of methoxy groups -OCH3 is 1. The van der Waals surface area contributed by atoms with Gasteiger partial charge in [0.05, 0.1) is 24.3 Å². The van der Waals surface area contributed by atoms with Gasteiger partial charge in [-0.05, 0) is 30.2 Å². The van der Waals surface area contributed by atoms with Crippen LogP contribution in [0.2, 0.25) is 0 Å². The highest BCUT2D eigenvalue weighted by Crippen LogP contribution is 2.22. The summed E-state index contributed by atoms with van der Waals surface area (Å²) in [5, 5.41) is 2.49. The van der Waals surface area contributed by atoms with Crippen molar-refractivity contribution in [2.75, 3.05) is 25.5 Å². The maximum absolute atomic E-state index is 14.0. The zero-order chi connectivity index (χ0) is 20.1. The number of carbonyl (C=O) groups is 3. The van der Waals surface area contributed by atoms with Crippen LogP contribution >= 0.6 is 0 Å². The number of hydrogen-bond acceptors (Lipinski definition) is 4. The molecule has 0 bridgehead atoms. The minimum absolute atomic E-state index is 0.0823. The topological polar surface area (TPSA) is 75.7 Å². The van der Waals surface area contributed by atoms with Gasteiger partial charge in [-0.15, -0.1) is 0 Å². The van der Waals surface area contributed by atoms with Crippen molar-refractivity contribution in [1.82, 2.24) is 4.90 Å². The van der Waals surface area contributed by atoms with Crippen LogP contribution in [0.1, 0.15) is 22.3 Å². The highest BCUT2D eigenvalue weighted by molar-refractivity contribution is 5.98. The fourth-order valence-corrected chi connectivity index (χ4v) is 3.17. The van der Waals surface area contributed by atoms with E-state index in [1.807, 2.05) is 30.3 Å². The van der Waals surface area contributed by atoms with Crippen LogP contribution in [0, 0.1) is 11.7 Å². The van der Waals surface area contributed by atoms with E-state index in [1.165, 1.54) is 19.2 Å². The number of nitrogens with zero attached hydrogens (tertiary/aromatic N) is 1. The summed E-state index contributed by atoms with van der Waals surface area (Å²) in [6, 6.07) is 13.4. The van der Waals surface area contributed by atoms with Gasteiger partial charge in [0.1, 0.15) is 5.82 Å². The van der Waals surface area contributed by atoms with Gasteiger partial charge in [0.2, 0.25) is 11.8 Å². The Labute approximate surface area is 162 Å². The molecule has 2 amide bonds. The molecule has 0 saturated carbocycles. The van der Waals surface area contributed by atoms with Gasteiger partial charge in [-0.3, -0.25) is 9.59 Å². The summed E-state index contributed by atoms with van der Waals surface area (Å²) >= 11 is 0. The lowest BCUT2D eigenvalue weighted by atomic mass is 10.1. The van der Waals surface area contributed by atoms with Gasteiger partial charge in [-0.1, -0.05) is 30.3 Å². The van der Waals surface area contributed by atoms with Crippen LogP contribution in [0.4, 0.5) is 10.1 Å². The molecule has 1 N–H and O–H groups in total. The maximum Gasteiger partial charge on any atom is 0.337 e. The molecular weight excluding hydrogens is 363 g/mol. The number of carbonyl (C=O) groups excluding carboxylic acids is 3. The Hall–Kier alpha value is -3.22. The lowest BCUT2D eigenvalue weighted by molar-refractivity contribution is -0.128. The zero-order valence-electron chi connectivity index (χ0n) is 15.5. The summed E-state index contributed by atoms with van der Waals surface area (Å²) in [6.07, 6.45) is 0.787. The molecule has 28 heavy (non-hydrogen) atoms. The van der Waals surface area contributed by atoms with Crippen LogP contribution in [0.3, 0.4) is 0 Å². The number of nitrogens with one attached hydrogen (secondary N) is 1.